The van der Waals surface area contributed by atoms with Crippen LogP contribution in [0.5, 0.6) is 0 Å². The lowest BCUT2D eigenvalue weighted by Gasteiger charge is -2.35. The fourth-order valence-electron chi connectivity index (χ4n) is 2.93. The van der Waals surface area contributed by atoms with Crippen molar-refractivity contribution in [3.05, 3.63) is 26.9 Å². The van der Waals surface area contributed by atoms with E-state index in [2.05, 4.69) is 19.9 Å². The first-order chi connectivity index (χ1) is 11.0. The van der Waals surface area contributed by atoms with E-state index in [4.69, 9.17) is 0 Å². The maximum absolute atomic E-state index is 11.5. The molecule has 0 aliphatic carbocycles. The molecule has 124 valence electrons. The highest BCUT2D eigenvalue weighted by Gasteiger charge is 2.31. The summed E-state index contributed by atoms with van der Waals surface area (Å²) in [6.07, 6.45) is 0.558. The van der Waals surface area contributed by atoms with E-state index in [0.717, 1.165) is 37.0 Å². The van der Waals surface area contributed by atoms with Crippen molar-refractivity contribution in [1.29, 1.82) is 0 Å². The van der Waals surface area contributed by atoms with Crippen LogP contribution in [0.1, 0.15) is 18.3 Å². The largest absolute Gasteiger partial charge is 0.348 e. The first kappa shape index (κ1) is 15.7. The Morgan fingerprint density at radius 3 is 2.48 bits per heavy atom. The zero-order valence-electron chi connectivity index (χ0n) is 13.5. The third-order valence-electron chi connectivity index (χ3n) is 4.04. The fourth-order valence-corrected chi connectivity index (χ4v) is 3.79. The summed E-state index contributed by atoms with van der Waals surface area (Å²) in [5.41, 5.74) is 1.72. The van der Waals surface area contributed by atoms with Gasteiger partial charge in [-0.15, -0.1) is 11.3 Å². The van der Waals surface area contributed by atoms with E-state index in [1.54, 1.807) is 23.1 Å². The smallest absolute Gasteiger partial charge is 0.334 e. The number of piperazine rings is 1. The Hall–Kier alpha value is -2.16. The molecule has 0 N–H and O–H groups in total. The van der Waals surface area contributed by atoms with Crippen LogP contribution in [0, 0.1) is 17.0 Å². The molecule has 8 nitrogen and oxygen atoms in total. The van der Waals surface area contributed by atoms with Crippen LogP contribution in [-0.2, 0) is 13.5 Å². The van der Waals surface area contributed by atoms with Crippen LogP contribution in [0.15, 0.2) is 5.38 Å². The Balaban J connectivity index is 1.80. The van der Waals surface area contributed by atoms with Crippen LogP contribution in [0.4, 0.5) is 16.6 Å². The molecule has 1 aliphatic rings. The van der Waals surface area contributed by atoms with Gasteiger partial charge in [0.15, 0.2) is 5.13 Å². The number of hydrogen-bond donors (Lipinski definition) is 0. The van der Waals surface area contributed by atoms with Gasteiger partial charge in [-0.05, 0) is 13.3 Å². The Bertz CT molecular complexity index is 717. The molecule has 1 fully saturated rings. The molecule has 3 heterocycles. The summed E-state index contributed by atoms with van der Waals surface area (Å²) in [5, 5.41) is 18.8. The van der Waals surface area contributed by atoms with Crippen molar-refractivity contribution in [2.24, 2.45) is 7.05 Å². The lowest BCUT2D eigenvalue weighted by Crippen LogP contribution is -2.47. The standard InChI is InChI=1S/C14H20N6O2S/c1-4-11-12(20(21)22)13(17(3)16-11)18-5-7-19(8-6-18)14-15-10(2)9-23-14/h9H,4-8H2,1-3H3. The summed E-state index contributed by atoms with van der Waals surface area (Å²) < 4.78 is 1.64. The van der Waals surface area contributed by atoms with Crippen LogP contribution in [-0.4, -0.2) is 45.9 Å². The van der Waals surface area contributed by atoms with Crippen molar-refractivity contribution in [3.8, 4) is 0 Å². The molecule has 2 aromatic rings. The average Bonchev–Trinajstić information content (AvgIpc) is 3.10. The van der Waals surface area contributed by atoms with E-state index in [-0.39, 0.29) is 10.6 Å². The maximum Gasteiger partial charge on any atom is 0.334 e. The van der Waals surface area contributed by atoms with E-state index in [1.165, 1.54) is 0 Å². The quantitative estimate of drug-likeness (QED) is 0.627. The Labute approximate surface area is 138 Å². The van der Waals surface area contributed by atoms with Crippen LogP contribution in [0.25, 0.3) is 0 Å². The molecule has 0 amide bonds. The maximum atomic E-state index is 11.5. The molecule has 3 rings (SSSR count). The molecule has 2 aromatic heterocycles. The van der Waals surface area contributed by atoms with E-state index in [9.17, 15) is 10.1 Å². The number of thiazole rings is 1. The predicted molar refractivity (Wildman–Crippen MR) is 90.5 cm³/mol. The van der Waals surface area contributed by atoms with Crippen molar-refractivity contribution in [3.63, 3.8) is 0 Å². The van der Waals surface area contributed by atoms with Crippen LogP contribution in [0.3, 0.4) is 0 Å². The zero-order valence-corrected chi connectivity index (χ0v) is 14.3. The molecule has 0 radical (unpaired) electrons. The van der Waals surface area contributed by atoms with Gasteiger partial charge in [-0.2, -0.15) is 5.10 Å². The number of aromatic nitrogens is 3. The number of aryl methyl sites for hydroxylation is 3. The van der Waals surface area contributed by atoms with Crippen LogP contribution >= 0.6 is 11.3 Å². The number of hydrogen-bond acceptors (Lipinski definition) is 7. The van der Waals surface area contributed by atoms with Gasteiger partial charge in [-0.1, -0.05) is 6.92 Å². The molecule has 0 bridgehead atoms. The van der Waals surface area contributed by atoms with Gasteiger partial charge >= 0.3 is 5.69 Å². The van der Waals surface area contributed by atoms with Gasteiger partial charge in [-0.3, -0.25) is 10.1 Å². The third-order valence-corrected chi connectivity index (χ3v) is 5.06. The second-order valence-corrected chi connectivity index (χ2v) is 6.44. The van der Waals surface area contributed by atoms with Gasteiger partial charge in [-0.25, -0.2) is 9.67 Å². The van der Waals surface area contributed by atoms with Gasteiger partial charge in [0.2, 0.25) is 5.82 Å². The predicted octanol–water partition coefficient (Wildman–Crippen LogP) is 1.98. The number of nitro groups is 1. The summed E-state index contributed by atoms with van der Waals surface area (Å²) in [7, 11) is 1.78. The first-order valence-corrected chi connectivity index (χ1v) is 8.51. The number of rotatable bonds is 4. The third kappa shape index (κ3) is 2.88. The minimum atomic E-state index is -0.308. The number of nitrogens with zero attached hydrogens (tertiary/aromatic N) is 6. The monoisotopic (exact) mass is 336 g/mol. The second kappa shape index (κ2) is 6.15. The van der Waals surface area contributed by atoms with Crippen LogP contribution in [0.2, 0.25) is 0 Å². The molecule has 1 saturated heterocycles. The van der Waals surface area contributed by atoms with E-state index < -0.39 is 0 Å². The van der Waals surface area contributed by atoms with Crippen LogP contribution < -0.4 is 9.80 Å². The SMILES string of the molecule is CCc1nn(C)c(N2CCN(c3nc(C)cs3)CC2)c1[N+](=O)[O-]. The Morgan fingerprint density at radius 2 is 1.96 bits per heavy atom. The molecular weight excluding hydrogens is 316 g/mol. The lowest BCUT2D eigenvalue weighted by molar-refractivity contribution is -0.384. The Kier molecular flexibility index (Phi) is 4.20. The highest BCUT2D eigenvalue weighted by molar-refractivity contribution is 7.13. The summed E-state index contributed by atoms with van der Waals surface area (Å²) in [4.78, 5) is 19.9. The molecule has 0 aromatic carbocycles. The van der Waals surface area contributed by atoms with Crippen molar-refractivity contribution < 1.29 is 4.92 Å². The topological polar surface area (TPSA) is 80.3 Å². The average molecular weight is 336 g/mol. The van der Waals surface area contributed by atoms with Crippen molar-refractivity contribution >= 4 is 28.0 Å². The molecular formula is C14H20N6O2S. The summed E-state index contributed by atoms with van der Waals surface area (Å²) >= 11 is 1.64. The van der Waals surface area contributed by atoms with E-state index in [1.807, 2.05) is 19.2 Å². The molecule has 1 aliphatic heterocycles. The second-order valence-electron chi connectivity index (χ2n) is 5.60. The zero-order chi connectivity index (χ0) is 16.6. The van der Waals surface area contributed by atoms with Crippen molar-refractivity contribution in [2.45, 2.75) is 20.3 Å². The molecule has 0 spiro atoms. The lowest BCUT2D eigenvalue weighted by atomic mass is 10.2. The fraction of sp³-hybridized carbons (Fsp3) is 0.571. The highest BCUT2D eigenvalue weighted by atomic mass is 32.1. The highest BCUT2D eigenvalue weighted by Crippen LogP contribution is 2.33. The van der Waals surface area contributed by atoms with Gasteiger partial charge in [0.25, 0.3) is 0 Å². The van der Waals surface area contributed by atoms with E-state index in [0.29, 0.717) is 17.9 Å². The van der Waals surface area contributed by atoms with Gasteiger partial charge in [0, 0.05) is 38.6 Å². The normalized spacial score (nSPS) is 15.3. The molecule has 9 heteroatoms. The summed E-state index contributed by atoms with van der Waals surface area (Å²) in [6, 6.07) is 0. The minimum absolute atomic E-state index is 0.147. The minimum Gasteiger partial charge on any atom is -0.348 e. The summed E-state index contributed by atoms with van der Waals surface area (Å²) in [6.45, 7) is 6.93. The molecule has 23 heavy (non-hydrogen) atoms. The molecule has 0 atom stereocenters. The van der Waals surface area contributed by atoms with E-state index >= 15 is 0 Å². The molecule has 0 unspecified atom stereocenters. The van der Waals surface area contributed by atoms with Gasteiger partial charge in [0.1, 0.15) is 5.69 Å². The van der Waals surface area contributed by atoms with Crippen molar-refractivity contribution in [1.82, 2.24) is 14.8 Å². The first-order valence-electron chi connectivity index (χ1n) is 7.63. The van der Waals surface area contributed by atoms with Gasteiger partial charge < -0.3 is 9.80 Å². The van der Waals surface area contributed by atoms with Crippen molar-refractivity contribution in [2.75, 3.05) is 36.0 Å². The summed E-state index contributed by atoms with van der Waals surface area (Å²) in [5.74, 6) is 0.613. The molecule has 0 saturated carbocycles. The Morgan fingerprint density at radius 1 is 1.30 bits per heavy atom. The number of anilines is 2. The van der Waals surface area contributed by atoms with Gasteiger partial charge in [0.05, 0.1) is 10.6 Å².